The molecule has 1 saturated heterocycles. The Morgan fingerprint density at radius 2 is 2.29 bits per heavy atom. The van der Waals surface area contributed by atoms with E-state index >= 15 is 0 Å². The van der Waals surface area contributed by atoms with Crippen LogP contribution in [-0.4, -0.2) is 35.1 Å². The third-order valence-corrected chi connectivity index (χ3v) is 2.90. The maximum atomic E-state index is 11.7. The SMILES string of the molecule is CCCCCC(=O)N1CCC[C@@H]1CO. The summed E-state index contributed by atoms with van der Waals surface area (Å²) in [5.41, 5.74) is 0. The molecule has 0 aromatic carbocycles. The molecule has 0 spiro atoms. The first-order valence-corrected chi connectivity index (χ1v) is 5.70. The van der Waals surface area contributed by atoms with E-state index in [2.05, 4.69) is 6.92 Å². The number of aliphatic hydroxyl groups excluding tert-OH is 1. The topological polar surface area (TPSA) is 40.5 Å². The Hall–Kier alpha value is -0.570. The fourth-order valence-electron chi connectivity index (χ4n) is 2.02. The summed E-state index contributed by atoms with van der Waals surface area (Å²) in [7, 11) is 0. The van der Waals surface area contributed by atoms with Gasteiger partial charge in [0.05, 0.1) is 12.6 Å². The highest BCUT2D eigenvalue weighted by Gasteiger charge is 2.27. The zero-order chi connectivity index (χ0) is 10.4. The van der Waals surface area contributed by atoms with Crippen molar-refractivity contribution in [1.82, 2.24) is 4.90 Å². The summed E-state index contributed by atoms with van der Waals surface area (Å²) in [5.74, 6) is 0.231. The zero-order valence-electron chi connectivity index (χ0n) is 9.04. The Morgan fingerprint density at radius 1 is 1.50 bits per heavy atom. The highest BCUT2D eigenvalue weighted by atomic mass is 16.3. The molecule has 14 heavy (non-hydrogen) atoms. The van der Waals surface area contributed by atoms with Gasteiger partial charge >= 0.3 is 0 Å². The molecular weight excluding hydrogens is 178 g/mol. The number of hydrogen-bond donors (Lipinski definition) is 1. The summed E-state index contributed by atoms with van der Waals surface area (Å²) in [6.45, 7) is 3.10. The lowest BCUT2D eigenvalue weighted by molar-refractivity contribution is -0.132. The van der Waals surface area contributed by atoms with Crippen LogP contribution in [0.1, 0.15) is 45.4 Å². The number of carbonyl (C=O) groups excluding carboxylic acids is 1. The standard InChI is InChI=1S/C11H21NO2/c1-2-3-4-7-11(14)12-8-5-6-10(12)9-13/h10,13H,2-9H2,1H3/t10-/m1/s1. The van der Waals surface area contributed by atoms with E-state index in [0.717, 1.165) is 38.6 Å². The van der Waals surface area contributed by atoms with E-state index in [1.54, 1.807) is 0 Å². The number of rotatable bonds is 5. The van der Waals surface area contributed by atoms with Crippen LogP contribution in [0, 0.1) is 0 Å². The predicted octanol–water partition coefficient (Wildman–Crippen LogP) is 1.55. The zero-order valence-corrected chi connectivity index (χ0v) is 9.04. The maximum absolute atomic E-state index is 11.7. The van der Waals surface area contributed by atoms with Gasteiger partial charge in [-0.3, -0.25) is 4.79 Å². The summed E-state index contributed by atoms with van der Waals surface area (Å²) in [4.78, 5) is 13.6. The molecule has 3 heteroatoms. The molecule has 0 aromatic heterocycles. The minimum atomic E-state index is 0.101. The van der Waals surface area contributed by atoms with Gasteiger partial charge in [-0.2, -0.15) is 0 Å². The molecule has 0 saturated carbocycles. The number of aliphatic hydroxyl groups is 1. The Morgan fingerprint density at radius 3 is 2.93 bits per heavy atom. The largest absolute Gasteiger partial charge is 0.394 e. The van der Waals surface area contributed by atoms with Crippen molar-refractivity contribution < 1.29 is 9.90 Å². The Bertz CT molecular complexity index is 182. The first-order chi connectivity index (χ1) is 6.79. The minimum absolute atomic E-state index is 0.101. The van der Waals surface area contributed by atoms with Gasteiger partial charge in [0.25, 0.3) is 0 Å². The maximum Gasteiger partial charge on any atom is 0.222 e. The predicted molar refractivity (Wildman–Crippen MR) is 56.0 cm³/mol. The Balaban J connectivity index is 2.28. The summed E-state index contributed by atoms with van der Waals surface area (Å²) in [6, 6.07) is 0.101. The van der Waals surface area contributed by atoms with Gasteiger partial charge in [0.2, 0.25) is 5.91 Å². The normalized spacial score (nSPS) is 21.6. The van der Waals surface area contributed by atoms with Gasteiger partial charge in [-0.1, -0.05) is 19.8 Å². The average Bonchev–Trinajstić information content (AvgIpc) is 2.65. The summed E-state index contributed by atoms with van der Waals surface area (Å²) < 4.78 is 0. The van der Waals surface area contributed by atoms with Gasteiger partial charge in [-0.15, -0.1) is 0 Å². The first kappa shape index (κ1) is 11.5. The molecule has 0 radical (unpaired) electrons. The molecule has 1 heterocycles. The van der Waals surface area contributed by atoms with Gasteiger partial charge in [0.15, 0.2) is 0 Å². The summed E-state index contributed by atoms with van der Waals surface area (Å²) in [6.07, 6.45) is 5.94. The van der Waals surface area contributed by atoms with E-state index in [-0.39, 0.29) is 18.6 Å². The fraction of sp³-hybridized carbons (Fsp3) is 0.909. The highest BCUT2D eigenvalue weighted by Crippen LogP contribution is 2.18. The van der Waals surface area contributed by atoms with Crippen molar-refractivity contribution in [3.8, 4) is 0 Å². The smallest absolute Gasteiger partial charge is 0.222 e. The lowest BCUT2D eigenvalue weighted by Crippen LogP contribution is -2.37. The summed E-state index contributed by atoms with van der Waals surface area (Å²) >= 11 is 0. The third kappa shape index (κ3) is 2.98. The van der Waals surface area contributed by atoms with E-state index in [1.165, 1.54) is 0 Å². The van der Waals surface area contributed by atoms with Crippen LogP contribution in [0.25, 0.3) is 0 Å². The van der Waals surface area contributed by atoms with E-state index < -0.39 is 0 Å². The number of amides is 1. The number of likely N-dealkylation sites (tertiary alicyclic amines) is 1. The molecular formula is C11H21NO2. The molecule has 1 atom stereocenters. The molecule has 1 N–H and O–H groups in total. The van der Waals surface area contributed by atoms with Gasteiger partial charge in [0.1, 0.15) is 0 Å². The minimum Gasteiger partial charge on any atom is -0.394 e. The van der Waals surface area contributed by atoms with Crippen LogP contribution >= 0.6 is 0 Å². The highest BCUT2D eigenvalue weighted by molar-refractivity contribution is 5.76. The van der Waals surface area contributed by atoms with Gasteiger partial charge < -0.3 is 10.0 Å². The molecule has 82 valence electrons. The molecule has 1 rings (SSSR count). The molecule has 0 bridgehead atoms. The number of unbranched alkanes of at least 4 members (excludes halogenated alkanes) is 2. The Kier molecular flexibility index (Phi) is 4.94. The monoisotopic (exact) mass is 199 g/mol. The lowest BCUT2D eigenvalue weighted by Gasteiger charge is -2.22. The van der Waals surface area contributed by atoms with E-state index in [1.807, 2.05) is 4.90 Å². The van der Waals surface area contributed by atoms with Crippen LogP contribution in [-0.2, 0) is 4.79 Å². The van der Waals surface area contributed by atoms with Crippen LogP contribution in [0.5, 0.6) is 0 Å². The van der Waals surface area contributed by atoms with E-state index in [4.69, 9.17) is 5.11 Å². The second-order valence-corrected chi connectivity index (χ2v) is 4.02. The molecule has 0 aliphatic carbocycles. The van der Waals surface area contributed by atoms with Gasteiger partial charge in [-0.05, 0) is 19.3 Å². The summed E-state index contributed by atoms with van der Waals surface area (Å²) in [5, 5.41) is 9.06. The van der Waals surface area contributed by atoms with Crippen molar-refractivity contribution in [1.29, 1.82) is 0 Å². The van der Waals surface area contributed by atoms with Crippen LogP contribution < -0.4 is 0 Å². The van der Waals surface area contributed by atoms with Crippen molar-refractivity contribution in [3.05, 3.63) is 0 Å². The average molecular weight is 199 g/mol. The molecule has 3 nitrogen and oxygen atoms in total. The molecule has 1 fully saturated rings. The van der Waals surface area contributed by atoms with Gasteiger partial charge in [0, 0.05) is 13.0 Å². The second kappa shape index (κ2) is 6.02. The second-order valence-electron chi connectivity index (χ2n) is 4.02. The van der Waals surface area contributed by atoms with E-state index in [9.17, 15) is 4.79 Å². The van der Waals surface area contributed by atoms with Crippen LogP contribution in [0.15, 0.2) is 0 Å². The van der Waals surface area contributed by atoms with Crippen molar-refractivity contribution in [2.45, 2.75) is 51.5 Å². The molecule has 1 aliphatic rings. The van der Waals surface area contributed by atoms with Crippen LogP contribution in [0.3, 0.4) is 0 Å². The number of nitrogens with zero attached hydrogens (tertiary/aromatic N) is 1. The number of carbonyl (C=O) groups is 1. The van der Waals surface area contributed by atoms with Crippen LogP contribution in [0.2, 0.25) is 0 Å². The molecule has 1 amide bonds. The fourth-order valence-corrected chi connectivity index (χ4v) is 2.02. The molecule has 0 aromatic rings. The third-order valence-electron chi connectivity index (χ3n) is 2.90. The van der Waals surface area contributed by atoms with E-state index in [0.29, 0.717) is 6.42 Å². The number of hydrogen-bond acceptors (Lipinski definition) is 2. The van der Waals surface area contributed by atoms with Crippen molar-refractivity contribution >= 4 is 5.91 Å². The Labute approximate surface area is 86.1 Å². The van der Waals surface area contributed by atoms with Crippen molar-refractivity contribution in [3.63, 3.8) is 0 Å². The van der Waals surface area contributed by atoms with Crippen molar-refractivity contribution in [2.75, 3.05) is 13.2 Å². The quantitative estimate of drug-likeness (QED) is 0.682. The van der Waals surface area contributed by atoms with Gasteiger partial charge in [-0.25, -0.2) is 0 Å². The molecule has 1 aliphatic heterocycles. The first-order valence-electron chi connectivity index (χ1n) is 5.70. The van der Waals surface area contributed by atoms with Crippen molar-refractivity contribution in [2.24, 2.45) is 0 Å². The van der Waals surface area contributed by atoms with Crippen LogP contribution in [0.4, 0.5) is 0 Å². The lowest BCUT2D eigenvalue weighted by atomic mass is 10.2. The molecule has 0 unspecified atom stereocenters.